The number of ether oxygens (including phenoxy) is 1. The molecule has 0 spiro atoms. The summed E-state index contributed by atoms with van der Waals surface area (Å²) in [5.74, 6) is 0.242. The summed E-state index contributed by atoms with van der Waals surface area (Å²) in [6.45, 7) is -0.0774. The van der Waals surface area contributed by atoms with Crippen molar-refractivity contribution in [2.45, 2.75) is 0 Å². The number of hydrogen-bond donors (Lipinski definition) is 2. The fourth-order valence-corrected chi connectivity index (χ4v) is 1.33. The third-order valence-corrected chi connectivity index (χ3v) is 2.28. The van der Waals surface area contributed by atoms with E-state index >= 15 is 0 Å². The van der Waals surface area contributed by atoms with Crippen LogP contribution >= 0.6 is 0 Å². The second kappa shape index (κ2) is 5.96. The molecule has 2 N–H and O–H groups in total. The third kappa shape index (κ3) is 5.64. The zero-order valence-corrected chi connectivity index (χ0v) is 9.92. The maximum atomic E-state index is 10.6. The lowest BCUT2D eigenvalue weighted by Crippen LogP contribution is -2.29. The molecule has 0 atom stereocenters. The Morgan fingerprint density at radius 1 is 1.35 bits per heavy atom. The van der Waals surface area contributed by atoms with Crippen LogP contribution in [0, 0.1) is 0 Å². The number of pyridine rings is 1. The Labute approximate surface area is 99.3 Å². The van der Waals surface area contributed by atoms with Gasteiger partial charge in [0, 0.05) is 11.7 Å². The van der Waals surface area contributed by atoms with Crippen LogP contribution in [0.25, 0.3) is 0 Å². The Bertz CT molecular complexity index is 446. The lowest BCUT2D eigenvalue weighted by molar-refractivity contribution is 0.217. The first-order valence-electron chi connectivity index (χ1n) is 4.68. The van der Waals surface area contributed by atoms with Crippen molar-refractivity contribution in [3.05, 3.63) is 18.3 Å². The van der Waals surface area contributed by atoms with E-state index in [2.05, 4.69) is 9.17 Å². The topological polar surface area (TPSA) is 106 Å². The molecule has 1 heterocycles. The average Bonchev–Trinajstić information content (AvgIpc) is 2.24. The summed E-state index contributed by atoms with van der Waals surface area (Å²) in [6, 6.07) is 2.87. The Morgan fingerprint density at radius 2 is 2.06 bits per heavy atom. The molecule has 0 bridgehead atoms. The molecular formula is C8H12BNO6S. The van der Waals surface area contributed by atoms with Crippen LogP contribution in [0.1, 0.15) is 0 Å². The number of rotatable bonds is 6. The minimum atomic E-state index is -3.46. The predicted octanol–water partition coefficient (Wildman–Crippen LogP) is -1.88. The summed E-state index contributed by atoms with van der Waals surface area (Å²) in [7, 11) is -5.04. The molecule has 0 aliphatic rings. The standard InChI is InChI=1S/C8H12BNO6S/c1-17(13,14)16-5-4-15-8-3-2-7(6-10-8)9(11)12/h2-3,6,11-12H,4-5H2,1H3. The van der Waals surface area contributed by atoms with Gasteiger partial charge in [-0.1, -0.05) is 6.07 Å². The molecule has 17 heavy (non-hydrogen) atoms. The largest absolute Gasteiger partial charge is 0.490 e. The van der Waals surface area contributed by atoms with Crippen LogP contribution in [0.15, 0.2) is 18.3 Å². The summed E-state index contributed by atoms with van der Waals surface area (Å²) in [5, 5.41) is 17.6. The van der Waals surface area contributed by atoms with Gasteiger partial charge in [-0.3, -0.25) is 4.18 Å². The van der Waals surface area contributed by atoms with Gasteiger partial charge < -0.3 is 14.8 Å². The fraction of sp³-hybridized carbons (Fsp3) is 0.375. The molecule has 0 saturated carbocycles. The maximum absolute atomic E-state index is 10.6. The van der Waals surface area contributed by atoms with E-state index in [4.69, 9.17) is 14.8 Å². The van der Waals surface area contributed by atoms with Crippen LogP contribution in [0.4, 0.5) is 0 Å². The molecule has 0 amide bonds. The molecule has 0 radical (unpaired) electrons. The Balaban J connectivity index is 2.37. The highest BCUT2D eigenvalue weighted by atomic mass is 32.2. The fourth-order valence-electron chi connectivity index (χ4n) is 0.961. The summed E-state index contributed by atoms with van der Waals surface area (Å²) < 4.78 is 30.8. The Hall–Kier alpha value is -1.16. The van der Waals surface area contributed by atoms with Crippen LogP contribution in [0.2, 0.25) is 0 Å². The zero-order valence-electron chi connectivity index (χ0n) is 9.11. The van der Waals surface area contributed by atoms with Crippen LogP contribution in [-0.4, -0.2) is 50.0 Å². The second-order valence-electron chi connectivity index (χ2n) is 3.18. The molecule has 1 aromatic rings. The number of aromatic nitrogens is 1. The highest BCUT2D eigenvalue weighted by Gasteiger charge is 2.10. The lowest BCUT2D eigenvalue weighted by Gasteiger charge is -2.05. The van der Waals surface area contributed by atoms with E-state index in [1.807, 2.05) is 0 Å². The molecule has 0 aromatic carbocycles. The van der Waals surface area contributed by atoms with Gasteiger partial charge in [0.05, 0.1) is 6.26 Å². The van der Waals surface area contributed by atoms with Crippen molar-refractivity contribution in [1.29, 1.82) is 0 Å². The molecule has 0 saturated heterocycles. The summed E-state index contributed by atoms with van der Waals surface area (Å²) >= 11 is 0. The first-order chi connectivity index (χ1) is 7.88. The van der Waals surface area contributed by atoms with Crippen LogP contribution in [0.3, 0.4) is 0 Å². The van der Waals surface area contributed by atoms with Crippen molar-refractivity contribution < 1.29 is 27.4 Å². The van der Waals surface area contributed by atoms with Gasteiger partial charge in [0.1, 0.15) is 13.2 Å². The summed E-state index contributed by atoms with van der Waals surface area (Å²) in [4.78, 5) is 3.79. The van der Waals surface area contributed by atoms with E-state index in [9.17, 15) is 8.42 Å². The van der Waals surface area contributed by atoms with Gasteiger partial charge >= 0.3 is 7.12 Å². The van der Waals surface area contributed by atoms with Gasteiger partial charge in [-0.25, -0.2) is 4.98 Å². The van der Waals surface area contributed by atoms with E-state index in [1.165, 1.54) is 18.3 Å². The first kappa shape index (κ1) is 13.9. The normalized spacial score (nSPS) is 11.2. The molecular weight excluding hydrogens is 249 g/mol. The van der Waals surface area contributed by atoms with Crippen molar-refractivity contribution in [3.8, 4) is 5.88 Å². The smallest absolute Gasteiger partial charge is 0.475 e. The molecule has 0 fully saturated rings. The molecule has 0 aliphatic heterocycles. The summed E-state index contributed by atoms with van der Waals surface area (Å²) in [6.07, 6.45) is 2.19. The molecule has 9 heteroatoms. The first-order valence-corrected chi connectivity index (χ1v) is 6.49. The van der Waals surface area contributed by atoms with Gasteiger partial charge in [-0.2, -0.15) is 8.42 Å². The highest BCUT2D eigenvalue weighted by molar-refractivity contribution is 7.85. The maximum Gasteiger partial charge on any atom is 0.490 e. The molecule has 0 aliphatic carbocycles. The van der Waals surface area contributed by atoms with E-state index in [0.717, 1.165) is 6.26 Å². The van der Waals surface area contributed by atoms with Gasteiger partial charge in [-0.05, 0) is 6.07 Å². The van der Waals surface area contributed by atoms with Crippen molar-refractivity contribution in [2.75, 3.05) is 19.5 Å². The van der Waals surface area contributed by atoms with E-state index < -0.39 is 17.2 Å². The lowest BCUT2D eigenvalue weighted by atomic mass is 9.82. The molecule has 94 valence electrons. The van der Waals surface area contributed by atoms with Crippen molar-refractivity contribution in [1.82, 2.24) is 4.98 Å². The quantitative estimate of drug-likeness (QED) is 0.350. The molecule has 1 aromatic heterocycles. The van der Waals surface area contributed by atoms with E-state index in [0.29, 0.717) is 0 Å². The third-order valence-electron chi connectivity index (χ3n) is 1.69. The van der Waals surface area contributed by atoms with Crippen molar-refractivity contribution in [3.63, 3.8) is 0 Å². The molecule has 0 unspecified atom stereocenters. The van der Waals surface area contributed by atoms with E-state index in [1.54, 1.807) is 0 Å². The van der Waals surface area contributed by atoms with Gasteiger partial charge in [0.15, 0.2) is 0 Å². The van der Waals surface area contributed by atoms with Crippen molar-refractivity contribution >= 4 is 22.7 Å². The SMILES string of the molecule is CS(=O)(=O)OCCOc1ccc(B(O)O)cn1. The number of hydrogen-bond acceptors (Lipinski definition) is 7. The van der Waals surface area contributed by atoms with Crippen LogP contribution < -0.4 is 10.2 Å². The molecule has 1 rings (SSSR count). The van der Waals surface area contributed by atoms with Gasteiger partial charge in [0.25, 0.3) is 10.1 Å². The van der Waals surface area contributed by atoms with Crippen molar-refractivity contribution in [2.24, 2.45) is 0 Å². The predicted molar refractivity (Wildman–Crippen MR) is 60.4 cm³/mol. The van der Waals surface area contributed by atoms with Crippen LogP contribution in [0.5, 0.6) is 5.88 Å². The highest BCUT2D eigenvalue weighted by Crippen LogP contribution is 2.02. The Kier molecular flexibility index (Phi) is 4.88. The van der Waals surface area contributed by atoms with E-state index in [-0.39, 0.29) is 24.6 Å². The molecule has 7 nitrogen and oxygen atoms in total. The monoisotopic (exact) mass is 261 g/mol. The Morgan fingerprint density at radius 3 is 2.53 bits per heavy atom. The van der Waals surface area contributed by atoms with Crippen LogP contribution in [-0.2, 0) is 14.3 Å². The van der Waals surface area contributed by atoms with Gasteiger partial charge in [-0.15, -0.1) is 0 Å². The van der Waals surface area contributed by atoms with Gasteiger partial charge in [0.2, 0.25) is 5.88 Å². The second-order valence-corrected chi connectivity index (χ2v) is 4.82. The summed E-state index contributed by atoms with van der Waals surface area (Å²) in [5.41, 5.74) is 0.240. The minimum Gasteiger partial charge on any atom is -0.475 e. The number of nitrogens with zero attached hydrogens (tertiary/aromatic N) is 1. The zero-order chi connectivity index (χ0) is 12.9. The average molecular weight is 261 g/mol. The minimum absolute atomic E-state index is 0.0289.